The predicted molar refractivity (Wildman–Crippen MR) is 62.4 cm³/mol. The van der Waals surface area contributed by atoms with Crippen molar-refractivity contribution in [2.45, 2.75) is 0 Å². The van der Waals surface area contributed by atoms with Crippen LogP contribution >= 0.6 is 11.6 Å². The van der Waals surface area contributed by atoms with Crippen LogP contribution in [0.15, 0.2) is 24.5 Å². The molecule has 6 heteroatoms. The minimum atomic E-state index is 0.186. The van der Waals surface area contributed by atoms with E-state index in [-0.39, 0.29) is 5.28 Å². The fraction of sp³-hybridized carbons (Fsp3) is 0.200. The Labute approximate surface area is 98.2 Å². The van der Waals surface area contributed by atoms with Crippen LogP contribution in [0.3, 0.4) is 0 Å². The van der Waals surface area contributed by atoms with E-state index < -0.39 is 0 Å². The molecule has 0 unspecified atom stereocenters. The van der Waals surface area contributed by atoms with Gasteiger partial charge in [0.25, 0.3) is 0 Å². The van der Waals surface area contributed by atoms with Crippen molar-refractivity contribution in [1.82, 2.24) is 19.9 Å². The second-order valence-electron chi connectivity index (χ2n) is 3.36. The van der Waals surface area contributed by atoms with Crippen LogP contribution in [0.25, 0.3) is 11.4 Å². The predicted octanol–water partition coefficient (Wildman–Crippen LogP) is 1.65. The van der Waals surface area contributed by atoms with Gasteiger partial charge in [-0.1, -0.05) is 0 Å². The first kappa shape index (κ1) is 10.8. The summed E-state index contributed by atoms with van der Waals surface area (Å²) in [7, 11) is 3.70. The minimum Gasteiger partial charge on any atom is -0.347 e. The van der Waals surface area contributed by atoms with Gasteiger partial charge >= 0.3 is 0 Å². The van der Waals surface area contributed by atoms with Crippen molar-refractivity contribution in [2.24, 2.45) is 0 Å². The third kappa shape index (κ3) is 2.25. The van der Waals surface area contributed by atoms with E-state index >= 15 is 0 Å². The van der Waals surface area contributed by atoms with E-state index in [0.29, 0.717) is 11.8 Å². The second-order valence-corrected chi connectivity index (χ2v) is 3.70. The highest BCUT2D eigenvalue weighted by Crippen LogP contribution is 2.17. The summed E-state index contributed by atoms with van der Waals surface area (Å²) >= 11 is 5.84. The highest BCUT2D eigenvalue weighted by atomic mass is 35.5. The molecule has 2 aromatic heterocycles. The summed E-state index contributed by atoms with van der Waals surface area (Å²) in [5.74, 6) is 1.08. The van der Waals surface area contributed by atoms with E-state index in [1.165, 1.54) is 0 Å². The van der Waals surface area contributed by atoms with Gasteiger partial charge < -0.3 is 4.90 Å². The van der Waals surface area contributed by atoms with Crippen LogP contribution in [-0.2, 0) is 0 Å². The molecule has 0 saturated carbocycles. The van der Waals surface area contributed by atoms with Gasteiger partial charge in [0, 0.05) is 32.1 Å². The molecule has 0 saturated heterocycles. The zero-order chi connectivity index (χ0) is 11.5. The van der Waals surface area contributed by atoms with Gasteiger partial charge in [0.2, 0.25) is 11.2 Å². The molecule has 2 rings (SSSR count). The van der Waals surface area contributed by atoms with Gasteiger partial charge in [-0.25, -0.2) is 0 Å². The Morgan fingerprint density at radius 2 is 1.75 bits per heavy atom. The van der Waals surface area contributed by atoms with Crippen molar-refractivity contribution >= 4 is 17.5 Å². The van der Waals surface area contributed by atoms with E-state index in [2.05, 4.69) is 19.9 Å². The molecule has 0 bridgehead atoms. The minimum absolute atomic E-state index is 0.186. The number of halogens is 1. The third-order valence-electron chi connectivity index (χ3n) is 1.93. The quantitative estimate of drug-likeness (QED) is 0.792. The highest BCUT2D eigenvalue weighted by Gasteiger charge is 2.07. The monoisotopic (exact) mass is 235 g/mol. The molecule has 0 amide bonds. The normalized spacial score (nSPS) is 10.2. The molecular formula is C10H10ClN5. The molecule has 0 atom stereocenters. The van der Waals surface area contributed by atoms with Crippen LogP contribution in [0.1, 0.15) is 0 Å². The fourth-order valence-corrected chi connectivity index (χ4v) is 1.33. The van der Waals surface area contributed by atoms with E-state index in [9.17, 15) is 0 Å². The lowest BCUT2D eigenvalue weighted by molar-refractivity contribution is 0.961. The Balaban J connectivity index is 2.50. The van der Waals surface area contributed by atoms with Crippen LogP contribution in [0.5, 0.6) is 0 Å². The molecule has 82 valence electrons. The van der Waals surface area contributed by atoms with Crippen molar-refractivity contribution in [3.8, 4) is 11.4 Å². The first-order valence-corrected chi connectivity index (χ1v) is 5.04. The van der Waals surface area contributed by atoms with E-state index in [1.54, 1.807) is 17.3 Å². The van der Waals surface area contributed by atoms with Crippen LogP contribution in [-0.4, -0.2) is 34.0 Å². The molecular weight excluding hydrogens is 226 g/mol. The molecule has 0 spiro atoms. The molecule has 0 aliphatic rings. The summed E-state index contributed by atoms with van der Waals surface area (Å²) in [4.78, 5) is 18.1. The number of aromatic nitrogens is 4. The van der Waals surface area contributed by atoms with Gasteiger partial charge in [0.05, 0.1) is 0 Å². The van der Waals surface area contributed by atoms with Crippen molar-refractivity contribution in [1.29, 1.82) is 0 Å². The fourth-order valence-electron chi connectivity index (χ4n) is 1.17. The summed E-state index contributed by atoms with van der Waals surface area (Å²) in [5.41, 5.74) is 0.863. The molecule has 0 radical (unpaired) electrons. The Morgan fingerprint density at radius 1 is 1.06 bits per heavy atom. The van der Waals surface area contributed by atoms with Gasteiger partial charge in [0.15, 0.2) is 5.82 Å². The average Bonchev–Trinajstić information content (AvgIpc) is 2.29. The number of anilines is 1. The lowest BCUT2D eigenvalue weighted by Gasteiger charge is -2.10. The maximum atomic E-state index is 5.84. The Hall–Kier alpha value is -1.75. The molecule has 5 nitrogen and oxygen atoms in total. The second kappa shape index (κ2) is 4.40. The van der Waals surface area contributed by atoms with Gasteiger partial charge in [0.1, 0.15) is 0 Å². The summed E-state index contributed by atoms with van der Waals surface area (Å²) in [6, 6.07) is 3.65. The summed E-state index contributed by atoms with van der Waals surface area (Å²) in [6.07, 6.45) is 3.37. The van der Waals surface area contributed by atoms with Gasteiger partial charge in [-0.3, -0.25) is 4.98 Å². The summed E-state index contributed by atoms with van der Waals surface area (Å²) in [5, 5.41) is 0.186. The number of hydrogen-bond donors (Lipinski definition) is 0. The summed E-state index contributed by atoms with van der Waals surface area (Å²) in [6.45, 7) is 0. The first-order valence-electron chi connectivity index (χ1n) is 4.66. The Kier molecular flexibility index (Phi) is 2.96. The van der Waals surface area contributed by atoms with Gasteiger partial charge in [-0.05, 0) is 23.7 Å². The van der Waals surface area contributed by atoms with Crippen molar-refractivity contribution in [2.75, 3.05) is 19.0 Å². The van der Waals surface area contributed by atoms with Gasteiger partial charge in [-0.15, -0.1) is 0 Å². The largest absolute Gasteiger partial charge is 0.347 e. The van der Waals surface area contributed by atoms with E-state index in [1.807, 2.05) is 26.2 Å². The molecule has 0 aromatic carbocycles. The SMILES string of the molecule is CN(C)c1nc(Cl)nc(-c2ccncc2)n1. The first-order chi connectivity index (χ1) is 7.66. The Bertz CT molecular complexity index is 486. The molecule has 0 aliphatic heterocycles. The van der Waals surface area contributed by atoms with Crippen molar-refractivity contribution in [3.05, 3.63) is 29.8 Å². The third-order valence-corrected chi connectivity index (χ3v) is 2.10. The zero-order valence-electron chi connectivity index (χ0n) is 8.92. The number of pyridine rings is 1. The van der Waals surface area contributed by atoms with Crippen LogP contribution in [0, 0.1) is 0 Å². The topological polar surface area (TPSA) is 54.8 Å². The van der Waals surface area contributed by atoms with Crippen molar-refractivity contribution in [3.63, 3.8) is 0 Å². The molecule has 16 heavy (non-hydrogen) atoms. The molecule has 2 aromatic rings. The van der Waals surface area contributed by atoms with E-state index in [4.69, 9.17) is 11.6 Å². The lowest BCUT2D eigenvalue weighted by atomic mass is 10.2. The van der Waals surface area contributed by atoms with E-state index in [0.717, 1.165) is 5.56 Å². The Morgan fingerprint density at radius 3 is 2.38 bits per heavy atom. The van der Waals surface area contributed by atoms with Gasteiger partial charge in [-0.2, -0.15) is 15.0 Å². The number of rotatable bonds is 2. The number of nitrogens with zero attached hydrogens (tertiary/aromatic N) is 5. The summed E-state index contributed by atoms with van der Waals surface area (Å²) < 4.78 is 0. The molecule has 2 heterocycles. The van der Waals surface area contributed by atoms with Crippen molar-refractivity contribution < 1.29 is 0 Å². The van der Waals surface area contributed by atoms with Crippen LogP contribution in [0.4, 0.5) is 5.95 Å². The molecule has 0 N–H and O–H groups in total. The molecule has 0 fully saturated rings. The maximum Gasteiger partial charge on any atom is 0.229 e. The zero-order valence-corrected chi connectivity index (χ0v) is 9.68. The van der Waals surface area contributed by atoms with Crippen LogP contribution < -0.4 is 4.90 Å². The smallest absolute Gasteiger partial charge is 0.229 e. The average molecular weight is 236 g/mol. The number of hydrogen-bond acceptors (Lipinski definition) is 5. The standard InChI is InChI=1S/C10H10ClN5/c1-16(2)10-14-8(13-9(11)15-10)7-3-5-12-6-4-7/h3-6H,1-2H3. The van der Waals surface area contributed by atoms with Crippen LogP contribution in [0.2, 0.25) is 5.28 Å². The molecule has 0 aliphatic carbocycles. The highest BCUT2D eigenvalue weighted by molar-refractivity contribution is 6.28. The maximum absolute atomic E-state index is 5.84. The lowest BCUT2D eigenvalue weighted by Crippen LogP contribution is -2.13.